The van der Waals surface area contributed by atoms with E-state index in [-0.39, 0.29) is 5.41 Å². The van der Waals surface area contributed by atoms with E-state index in [0.29, 0.717) is 0 Å². The van der Waals surface area contributed by atoms with Gasteiger partial charge in [-0.05, 0) is 129 Å². The Balaban J connectivity index is 0.946. The van der Waals surface area contributed by atoms with Crippen molar-refractivity contribution >= 4 is 99.5 Å². The van der Waals surface area contributed by atoms with Crippen LogP contribution >= 0.6 is 0 Å². The second-order valence-corrected chi connectivity index (χ2v) is 18.2. The molecule has 310 valence electrons. The normalized spacial score (nSPS) is 13.0. The van der Waals surface area contributed by atoms with Gasteiger partial charge in [-0.2, -0.15) is 0 Å². The van der Waals surface area contributed by atoms with E-state index >= 15 is 0 Å². The van der Waals surface area contributed by atoms with E-state index in [0.717, 1.165) is 78.0 Å². The molecule has 2 heterocycles. The molecule has 4 heteroatoms. The van der Waals surface area contributed by atoms with Gasteiger partial charge in [0.2, 0.25) is 0 Å². The highest BCUT2D eigenvalue weighted by Gasteiger charge is 2.38. The third-order valence-electron chi connectivity index (χ3n) is 14.0. The summed E-state index contributed by atoms with van der Waals surface area (Å²) in [6.45, 7) is 9.18. The summed E-state index contributed by atoms with van der Waals surface area (Å²) < 4.78 is 13.3. The minimum atomic E-state index is -0.266. The van der Waals surface area contributed by atoms with Crippen molar-refractivity contribution in [1.29, 1.82) is 0 Å². The fraction of sp³-hybridized carbons (Fsp3) is 0.0820. The number of fused-ring (bicyclic) bond motifs is 13. The van der Waals surface area contributed by atoms with Gasteiger partial charge in [0.1, 0.15) is 11.2 Å². The van der Waals surface area contributed by atoms with Gasteiger partial charge in [0, 0.05) is 49.7 Å². The van der Waals surface area contributed by atoms with Gasteiger partial charge in [0.05, 0.1) is 11.4 Å². The van der Waals surface area contributed by atoms with E-state index in [1.807, 2.05) is 12.1 Å². The highest BCUT2D eigenvalue weighted by molar-refractivity contribution is 6.13. The van der Waals surface area contributed by atoms with Crippen LogP contribution in [-0.4, -0.2) is 0 Å². The maximum absolute atomic E-state index is 6.64. The lowest BCUT2D eigenvalue weighted by atomic mass is 9.78. The van der Waals surface area contributed by atoms with Crippen LogP contribution in [-0.2, 0) is 5.41 Å². The highest BCUT2D eigenvalue weighted by atomic mass is 16.3. The Morgan fingerprint density at radius 3 is 1.22 bits per heavy atom. The number of benzene rings is 10. The molecule has 0 fully saturated rings. The number of nitrogens with zero attached hydrogens (tertiary/aromatic N) is 2. The van der Waals surface area contributed by atoms with Crippen molar-refractivity contribution in [3.05, 3.63) is 216 Å². The topological polar surface area (TPSA) is 32.8 Å². The molecule has 12 aromatic rings. The first-order valence-electron chi connectivity index (χ1n) is 22.5. The Kier molecular flexibility index (Phi) is 8.05. The number of anilines is 6. The van der Waals surface area contributed by atoms with Gasteiger partial charge in [0.25, 0.3) is 0 Å². The average Bonchev–Trinajstić information content (AvgIpc) is 3.99. The molecule has 65 heavy (non-hydrogen) atoms. The fourth-order valence-electron chi connectivity index (χ4n) is 11.1. The first-order valence-corrected chi connectivity index (χ1v) is 22.5. The maximum atomic E-state index is 6.64. The quantitative estimate of drug-likeness (QED) is 0.167. The zero-order valence-electron chi connectivity index (χ0n) is 36.7. The molecule has 0 aliphatic heterocycles. The van der Waals surface area contributed by atoms with Gasteiger partial charge in [0.15, 0.2) is 11.2 Å². The van der Waals surface area contributed by atoms with E-state index < -0.39 is 0 Å². The van der Waals surface area contributed by atoms with Crippen molar-refractivity contribution in [1.82, 2.24) is 0 Å². The molecule has 10 aromatic carbocycles. The van der Waals surface area contributed by atoms with E-state index in [9.17, 15) is 0 Å². The number of hydrogen-bond acceptors (Lipinski definition) is 4. The molecule has 0 amide bonds. The van der Waals surface area contributed by atoms with Crippen molar-refractivity contribution in [2.75, 3.05) is 9.80 Å². The molecule has 0 atom stereocenters. The average molecular weight is 837 g/mol. The number of rotatable bonds is 6. The molecule has 0 radical (unpaired) electrons. The van der Waals surface area contributed by atoms with Crippen molar-refractivity contribution in [3.8, 4) is 11.1 Å². The lowest BCUT2D eigenvalue weighted by molar-refractivity contribution is 0.668. The number of furan rings is 2. The predicted molar refractivity (Wildman–Crippen MR) is 272 cm³/mol. The van der Waals surface area contributed by atoms with Gasteiger partial charge in [-0.1, -0.05) is 147 Å². The summed E-state index contributed by atoms with van der Waals surface area (Å²) in [5, 5.41) is 9.43. The Hall–Kier alpha value is -8.08. The van der Waals surface area contributed by atoms with Crippen LogP contribution in [0.5, 0.6) is 0 Å². The predicted octanol–water partition coefficient (Wildman–Crippen LogP) is 17.7. The van der Waals surface area contributed by atoms with Crippen LogP contribution in [0.1, 0.15) is 36.1 Å². The molecular formula is C61H44N2O2. The van der Waals surface area contributed by atoms with Crippen LogP contribution in [0.2, 0.25) is 0 Å². The summed E-state index contributed by atoms with van der Waals surface area (Å²) in [6, 6.07) is 70.2. The van der Waals surface area contributed by atoms with Crippen molar-refractivity contribution in [3.63, 3.8) is 0 Å². The molecule has 0 bridgehead atoms. The molecule has 0 saturated carbocycles. The minimum absolute atomic E-state index is 0.266. The maximum Gasteiger partial charge on any atom is 0.159 e. The lowest BCUT2D eigenvalue weighted by Gasteiger charge is -2.29. The summed E-state index contributed by atoms with van der Waals surface area (Å²) in [5.74, 6) is 0. The van der Waals surface area contributed by atoms with Crippen LogP contribution in [0.3, 0.4) is 0 Å². The van der Waals surface area contributed by atoms with Crippen LogP contribution in [0.4, 0.5) is 34.1 Å². The number of hydrogen-bond donors (Lipinski definition) is 0. The summed E-state index contributed by atoms with van der Waals surface area (Å²) in [5.41, 5.74) is 17.4. The minimum Gasteiger partial charge on any atom is -0.454 e. The summed E-state index contributed by atoms with van der Waals surface area (Å²) >= 11 is 0. The lowest BCUT2D eigenvalue weighted by Crippen LogP contribution is -2.16. The molecule has 1 aliphatic carbocycles. The Bertz CT molecular complexity index is 3670. The third-order valence-corrected chi connectivity index (χ3v) is 14.0. The van der Waals surface area contributed by atoms with Gasteiger partial charge >= 0.3 is 0 Å². The van der Waals surface area contributed by atoms with Crippen molar-refractivity contribution in [2.45, 2.75) is 33.1 Å². The molecule has 0 saturated heterocycles. The second kappa shape index (κ2) is 14.0. The molecule has 0 unspecified atom stereocenters. The molecular weight excluding hydrogens is 793 g/mol. The first-order chi connectivity index (χ1) is 31.8. The van der Waals surface area contributed by atoms with E-state index in [2.05, 4.69) is 219 Å². The van der Waals surface area contributed by atoms with E-state index in [1.165, 1.54) is 54.9 Å². The first kappa shape index (κ1) is 37.5. The van der Waals surface area contributed by atoms with Crippen molar-refractivity contribution in [2.24, 2.45) is 0 Å². The SMILES string of the molecule is Cc1ccccc1N(c1ccc2c3c(ccc2c1)-c1ccc2cc(N(c4ccccc4C)c4cccc5c4oc4ccccc45)ccc2c1C3(C)C)c1cccc2c1oc1ccccc12. The van der Waals surface area contributed by atoms with Gasteiger partial charge in [-0.25, -0.2) is 0 Å². The summed E-state index contributed by atoms with van der Waals surface area (Å²) in [6.07, 6.45) is 0. The zero-order chi connectivity index (χ0) is 43.6. The van der Waals surface area contributed by atoms with E-state index in [1.54, 1.807) is 0 Å². The number of para-hydroxylation sites is 6. The molecule has 4 nitrogen and oxygen atoms in total. The van der Waals surface area contributed by atoms with Crippen LogP contribution in [0.25, 0.3) is 76.5 Å². The van der Waals surface area contributed by atoms with E-state index in [4.69, 9.17) is 8.83 Å². The van der Waals surface area contributed by atoms with Crippen molar-refractivity contribution < 1.29 is 8.83 Å². The largest absolute Gasteiger partial charge is 0.454 e. The van der Waals surface area contributed by atoms with Gasteiger partial charge < -0.3 is 18.6 Å². The van der Waals surface area contributed by atoms with Crippen LogP contribution < -0.4 is 9.80 Å². The van der Waals surface area contributed by atoms with Crippen LogP contribution in [0, 0.1) is 13.8 Å². The molecule has 0 spiro atoms. The second-order valence-electron chi connectivity index (χ2n) is 18.2. The molecule has 13 rings (SSSR count). The standard InChI is InChI=1S/C61H44N2O2/c1-37-15-5-9-21-51(37)62(53-23-13-19-49-45-17-7-11-25-55(45)64-59(49)53)41-29-33-43-39(35-41)27-31-47-48-32-28-40-36-42(30-34-44(40)58(48)61(3,4)57(43)47)63(52-22-10-6-16-38(52)2)54-24-14-20-50-46-18-8-12-26-56(46)65-60(50)54/h5-36H,1-4H3. The summed E-state index contributed by atoms with van der Waals surface area (Å²) in [7, 11) is 0. The Morgan fingerprint density at radius 2 is 0.754 bits per heavy atom. The Morgan fingerprint density at radius 1 is 0.354 bits per heavy atom. The van der Waals surface area contributed by atoms with Gasteiger partial charge in [-0.15, -0.1) is 0 Å². The third kappa shape index (κ3) is 5.50. The molecule has 2 aromatic heterocycles. The monoisotopic (exact) mass is 836 g/mol. The number of aryl methyl sites for hydroxylation is 2. The van der Waals surface area contributed by atoms with Crippen LogP contribution in [0.15, 0.2) is 203 Å². The Labute approximate surface area is 377 Å². The smallest absolute Gasteiger partial charge is 0.159 e. The fourth-order valence-corrected chi connectivity index (χ4v) is 11.1. The highest BCUT2D eigenvalue weighted by Crippen LogP contribution is 2.55. The molecule has 0 N–H and O–H groups in total. The molecule has 1 aliphatic rings. The van der Waals surface area contributed by atoms with Gasteiger partial charge in [-0.3, -0.25) is 0 Å². The summed E-state index contributed by atoms with van der Waals surface area (Å²) in [4.78, 5) is 4.74. The zero-order valence-corrected chi connectivity index (χ0v) is 36.7.